The molecular weight excluding hydrogens is 184 g/mol. The van der Waals surface area contributed by atoms with Crippen molar-refractivity contribution < 1.29 is 0 Å². The first-order valence-electron chi connectivity index (χ1n) is 6.82. The summed E-state index contributed by atoms with van der Waals surface area (Å²) in [7, 11) is 0. The summed E-state index contributed by atoms with van der Waals surface area (Å²) in [6.45, 7) is 4.45. The van der Waals surface area contributed by atoms with Crippen molar-refractivity contribution in [3.05, 3.63) is 0 Å². The Morgan fingerprint density at radius 3 is 2.40 bits per heavy atom. The van der Waals surface area contributed by atoms with Crippen molar-refractivity contribution in [2.45, 2.75) is 64.0 Å². The van der Waals surface area contributed by atoms with Crippen LogP contribution in [0.25, 0.3) is 0 Å². The molecule has 0 aromatic carbocycles. The van der Waals surface area contributed by atoms with E-state index in [-0.39, 0.29) is 0 Å². The maximum Gasteiger partial charge on any atom is 0.0138 e. The van der Waals surface area contributed by atoms with Crippen molar-refractivity contribution in [3.8, 4) is 0 Å². The van der Waals surface area contributed by atoms with E-state index in [1.54, 1.807) is 0 Å². The molecule has 0 saturated heterocycles. The van der Waals surface area contributed by atoms with Gasteiger partial charge in [0.15, 0.2) is 0 Å². The van der Waals surface area contributed by atoms with Crippen LogP contribution in [-0.2, 0) is 0 Å². The van der Waals surface area contributed by atoms with Crippen LogP contribution in [-0.4, -0.2) is 30.1 Å². The Bertz CT molecular complexity index is 187. The minimum absolute atomic E-state index is 0.783. The number of hydrogen-bond acceptors (Lipinski definition) is 2. The van der Waals surface area contributed by atoms with Crippen LogP contribution >= 0.6 is 0 Å². The van der Waals surface area contributed by atoms with Crippen LogP contribution in [0.1, 0.15) is 51.9 Å². The molecule has 0 bridgehead atoms. The van der Waals surface area contributed by atoms with Crippen molar-refractivity contribution >= 4 is 0 Å². The molecule has 88 valence electrons. The molecule has 15 heavy (non-hydrogen) atoms. The summed E-state index contributed by atoms with van der Waals surface area (Å²) in [5.74, 6) is 0.783. The Hall–Kier alpha value is -0.0800. The van der Waals surface area contributed by atoms with Gasteiger partial charge >= 0.3 is 0 Å². The molecule has 2 nitrogen and oxygen atoms in total. The number of nitrogens with zero attached hydrogens (tertiary/aromatic N) is 1. The fourth-order valence-electron chi connectivity index (χ4n) is 3.73. The van der Waals surface area contributed by atoms with Gasteiger partial charge in [-0.05, 0) is 44.7 Å². The maximum atomic E-state index is 5.89. The fourth-order valence-corrected chi connectivity index (χ4v) is 3.73. The van der Waals surface area contributed by atoms with Crippen molar-refractivity contribution in [1.29, 1.82) is 0 Å². The third-order valence-corrected chi connectivity index (χ3v) is 4.51. The molecule has 2 rings (SSSR count). The van der Waals surface area contributed by atoms with Gasteiger partial charge < -0.3 is 5.73 Å². The molecule has 0 radical (unpaired) electrons. The summed E-state index contributed by atoms with van der Waals surface area (Å²) in [6.07, 6.45) is 9.91. The Morgan fingerprint density at radius 2 is 1.80 bits per heavy atom. The van der Waals surface area contributed by atoms with Crippen LogP contribution in [0.15, 0.2) is 0 Å². The first kappa shape index (κ1) is 11.4. The molecule has 0 aliphatic heterocycles. The second-order valence-electron chi connectivity index (χ2n) is 5.26. The zero-order valence-corrected chi connectivity index (χ0v) is 10.1. The lowest BCUT2D eigenvalue weighted by molar-refractivity contribution is 0.116. The Labute approximate surface area is 94.2 Å². The molecule has 2 N–H and O–H groups in total. The van der Waals surface area contributed by atoms with Gasteiger partial charge in [0.1, 0.15) is 0 Å². The molecule has 2 aliphatic carbocycles. The lowest BCUT2D eigenvalue weighted by Gasteiger charge is -2.36. The first-order chi connectivity index (χ1) is 7.36. The second-order valence-corrected chi connectivity index (χ2v) is 5.26. The lowest BCUT2D eigenvalue weighted by atomic mass is 10.00. The van der Waals surface area contributed by atoms with Gasteiger partial charge in [-0.1, -0.05) is 26.2 Å². The van der Waals surface area contributed by atoms with Gasteiger partial charge in [-0.3, -0.25) is 4.90 Å². The highest BCUT2D eigenvalue weighted by Crippen LogP contribution is 2.34. The molecule has 2 unspecified atom stereocenters. The molecule has 0 spiro atoms. The van der Waals surface area contributed by atoms with Crippen molar-refractivity contribution in [2.24, 2.45) is 11.7 Å². The van der Waals surface area contributed by atoms with Gasteiger partial charge in [-0.2, -0.15) is 0 Å². The highest BCUT2D eigenvalue weighted by atomic mass is 15.2. The normalized spacial score (nSPS) is 33.0. The molecule has 2 atom stereocenters. The zero-order chi connectivity index (χ0) is 10.7. The second kappa shape index (κ2) is 5.31. The fraction of sp³-hybridized carbons (Fsp3) is 1.00. The summed E-state index contributed by atoms with van der Waals surface area (Å²) in [5.41, 5.74) is 5.89. The highest BCUT2D eigenvalue weighted by molar-refractivity contribution is 4.90. The monoisotopic (exact) mass is 210 g/mol. The van der Waals surface area contributed by atoms with E-state index >= 15 is 0 Å². The Balaban J connectivity index is 1.98. The maximum absolute atomic E-state index is 5.89. The predicted octanol–water partition coefficient (Wildman–Crippen LogP) is 2.38. The van der Waals surface area contributed by atoms with Crippen molar-refractivity contribution in [2.75, 3.05) is 13.1 Å². The number of rotatable bonds is 4. The number of nitrogens with two attached hydrogens (primary N) is 1. The van der Waals surface area contributed by atoms with Crippen LogP contribution in [0.4, 0.5) is 0 Å². The van der Waals surface area contributed by atoms with E-state index < -0.39 is 0 Å². The SMILES string of the molecule is CCN(C1CCCC1)C1CCCC1CN. The topological polar surface area (TPSA) is 29.3 Å². The standard InChI is InChI=1S/C13H26N2/c1-2-15(12-7-3-4-8-12)13-9-5-6-11(13)10-14/h11-13H,2-10,14H2,1H3. The Morgan fingerprint density at radius 1 is 1.07 bits per heavy atom. The molecule has 0 aromatic rings. The summed E-state index contributed by atoms with van der Waals surface area (Å²) in [4.78, 5) is 2.78. The largest absolute Gasteiger partial charge is 0.330 e. The van der Waals surface area contributed by atoms with Crippen molar-refractivity contribution in [3.63, 3.8) is 0 Å². The average molecular weight is 210 g/mol. The summed E-state index contributed by atoms with van der Waals surface area (Å²) in [5, 5.41) is 0. The van der Waals surface area contributed by atoms with E-state index in [1.165, 1.54) is 51.5 Å². The minimum atomic E-state index is 0.783. The zero-order valence-electron chi connectivity index (χ0n) is 10.1. The smallest absolute Gasteiger partial charge is 0.0138 e. The van der Waals surface area contributed by atoms with Crippen LogP contribution in [0.3, 0.4) is 0 Å². The molecule has 0 heterocycles. The third kappa shape index (κ3) is 2.36. The molecule has 0 aromatic heterocycles. The van der Waals surface area contributed by atoms with E-state index in [2.05, 4.69) is 11.8 Å². The molecule has 2 heteroatoms. The van der Waals surface area contributed by atoms with Gasteiger partial charge in [0.05, 0.1) is 0 Å². The molecule has 2 aliphatic rings. The van der Waals surface area contributed by atoms with E-state index in [0.717, 1.165) is 24.5 Å². The summed E-state index contributed by atoms with van der Waals surface area (Å²) >= 11 is 0. The van der Waals surface area contributed by atoms with Crippen LogP contribution < -0.4 is 5.73 Å². The van der Waals surface area contributed by atoms with Crippen LogP contribution in [0.2, 0.25) is 0 Å². The lowest BCUT2D eigenvalue weighted by Crippen LogP contribution is -2.45. The summed E-state index contributed by atoms with van der Waals surface area (Å²) in [6, 6.07) is 1.69. The molecule has 0 amide bonds. The van der Waals surface area contributed by atoms with E-state index in [1.807, 2.05) is 0 Å². The third-order valence-electron chi connectivity index (χ3n) is 4.51. The first-order valence-corrected chi connectivity index (χ1v) is 6.82. The van der Waals surface area contributed by atoms with Crippen LogP contribution in [0.5, 0.6) is 0 Å². The van der Waals surface area contributed by atoms with Gasteiger partial charge in [0, 0.05) is 12.1 Å². The van der Waals surface area contributed by atoms with E-state index in [0.29, 0.717) is 0 Å². The van der Waals surface area contributed by atoms with Gasteiger partial charge in [0.2, 0.25) is 0 Å². The van der Waals surface area contributed by atoms with E-state index in [9.17, 15) is 0 Å². The molecule has 2 saturated carbocycles. The Kier molecular flexibility index (Phi) is 4.04. The highest BCUT2D eigenvalue weighted by Gasteiger charge is 2.34. The minimum Gasteiger partial charge on any atom is -0.330 e. The number of hydrogen-bond donors (Lipinski definition) is 1. The summed E-state index contributed by atoms with van der Waals surface area (Å²) < 4.78 is 0. The quantitative estimate of drug-likeness (QED) is 0.772. The van der Waals surface area contributed by atoms with Gasteiger partial charge in [-0.25, -0.2) is 0 Å². The van der Waals surface area contributed by atoms with Crippen molar-refractivity contribution in [1.82, 2.24) is 4.90 Å². The molecular formula is C13H26N2. The molecule has 2 fully saturated rings. The van der Waals surface area contributed by atoms with Gasteiger partial charge in [0.25, 0.3) is 0 Å². The van der Waals surface area contributed by atoms with Gasteiger partial charge in [-0.15, -0.1) is 0 Å². The predicted molar refractivity (Wildman–Crippen MR) is 64.8 cm³/mol. The van der Waals surface area contributed by atoms with E-state index in [4.69, 9.17) is 5.73 Å². The van der Waals surface area contributed by atoms with Crippen LogP contribution in [0, 0.1) is 5.92 Å². The average Bonchev–Trinajstić information content (AvgIpc) is 2.89.